The number of carbonyl (C=O) groups is 2. The van der Waals surface area contributed by atoms with Gasteiger partial charge in [0.1, 0.15) is 11.4 Å². The number of methoxy groups -OCH3 is 3. The fraction of sp³-hybridized carbons (Fsp3) is 0.440. The first-order valence-corrected chi connectivity index (χ1v) is 12.3. The third-order valence-corrected chi connectivity index (χ3v) is 7.57. The van der Waals surface area contributed by atoms with Crippen LogP contribution in [0.5, 0.6) is 17.2 Å². The van der Waals surface area contributed by atoms with Crippen molar-refractivity contribution in [1.29, 1.82) is 0 Å². The number of β-lactam (4-membered cyclic amide) rings is 1. The number of benzene rings is 2. The number of amides is 2. The summed E-state index contributed by atoms with van der Waals surface area (Å²) in [5, 5.41) is 3.05. The molecule has 182 valence electrons. The highest BCUT2D eigenvalue weighted by atomic mass is 32.2. The van der Waals surface area contributed by atoms with Crippen molar-refractivity contribution in [3.8, 4) is 17.2 Å². The lowest BCUT2D eigenvalue weighted by Crippen LogP contribution is -2.67. The van der Waals surface area contributed by atoms with Crippen molar-refractivity contribution in [3.05, 3.63) is 53.3 Å². The van der Waals surface area contributed by atoms with E-state index in [1.54, 1.807) is 55.1 Å². The number of hydrogen-bond donors (Lipinski definition) is 1. The molecule has 2 aliphatic heterocycles. The van der Waals surface area contributed by atoms with Gasteiger partial charge in [0.2, 0.25) is 17.6 Å². The molecule has 0 bridgehead atoms. The smallest absolute Gasteiger partial charge is 0.246 e. The zero-order valence-electron chi connectivity index (χ0n) is 19.6. The van der Waals surface area contributed by atoms with Crippen molar-refractivity contribution < 1.29 is 28.2 Å². The van der Waals surface area contributed by atoms with Gasteiger partial charge in [0.25, 0.3) is 0 Å². The maximum Gasteiger partial charge on any atom is 0.246 e. The van der Waals surface area contributed by atoms with Crippen LogP contribution >= 0.6 is 11.8 Å². The van der Waals surface area contributed by atoms with E-state index >= 15 is 0 Å². The summed E-state index contributed by atoms with van der Waals surface area (Å²) < 4.78 is 29.6. The van der Waals surface area contributed by atoms with Gasteiger partial charge in [0.15, 0.2) is 11.5 Å². The molecule has 0 radical (unpaired) electrons. The molecule has 2 heterocycles. The molecule has 0 aromatic heterocycles. The fourth-order valence-electron chi connectivity index (χ4n) is 4.78. The van der Waals surface area contributed by atoms with Crippen molar-refractivity contribution in [2.24, 2.45) is 0 Å². The van der Waals surface area contributed by atoms with E-state index in [9.17, 15) is 14.0 Å². The predicted octanol–water partition coefficient (Wildman–Crippen LogP) is 3.71. The second kappa shape index (κ2) is 10.1. The van der Waals surface area contributed by atoms with Gasteiger partial charge in [-0.3, -0.25) is 9.59 Å². The van der Waals surface area contributed by atoms with Crippen LogP contribution in [-0.2, 0) is 16.1 Å². The molecule has 2 saturated heterocycles. The predicted molar refractivity (Wildman–Crippen MR) is 128 cm³/mol. The standard InChI is InChI=1S/C25H29FN2O5S/c1-31-20-12-16(13-21(32-2)23(20)33-3)15-27-24(30)25(8-10-34-11-9-25)28-19(14-22(28)29)17-4-6-18(26)7-5-17/h4-7,12-13,19H,8-11,14-15H2,1-3H3,(H,27,30). The van der Waals surface area contributed by atoms with Crippen LogP contribution in [-0.4, -0.2) is 55.1 Å². The Hall–Kier alpha value is -2.94. The Labute approximate surface area is 202 Å². The number of likely N-dealkylation sites (tertiary alicyclic amines) is 1. The van der Waals surface area contributed by atoms with Crippen LogP contribution in [0.3, 0.4) is 0 Å². The molecule has 2 fully saturated rings. The third-order valence-electron chi connectivity index (χ3n) is 6.58. The van der Waals surface area contributed by atoms with Crippen molar-refractivity contribution in [3.63, 3.8) is 0 Å². The molecule has 0 spiro atoms. The van der Waals surface area contributed by atoms with E-state index in [1.807, 2.05) is 0 Å². The molecule has 4 rings (SSSR count). The van der Waals surface area contributed by atoms with E-state index in [2.05, 4.69) is 5.32 Å². The highest BCUT2D eigenvalue weighted by Gasteiger charge is 2.54. The Kier molecular flexibility index (Phi) is 7.21. The number of thioether (sulfide) groups is 1. The highest BCUT2D eigenvalue weighted by molar-refractivity contribution is 7.99. The number of hydrogen-bond acceptors (Lipinski definition) is 6. The molecule has 0 aliphatic carbocycles. The van der Waals surface area contributed by atoms with Gasteiger partial charge in [-0.05, 0) is 59.7 Å². The summed E-state index contributed by atoms with van der Waals surface area (Å²) in [6.07, 6.45) is 1.46. The Morgan fingerprint density at radius 1 is 1.09 bits per heavy atom. The summed E-state index contributed by atoms with van der Waals surface area (Å²) in [6, 6.07) is 9.52. The fourth-order valence-corrected chi connectivity index (χ4v) is 5.94. The minimum absolute atomic E-state index is 0.0517. The highest BCUT2D eigenvalue weighted by Crippen LogP contribution is 2.46. The lowest BCUT2D eigenvalue weighted by molar-refractivity contribution is -0.166. The molecular formula is C25H29FN2O5S. The van der Waals surface area contributed by atoms with Gasteiger partial charge < -0.3 is 24.4 Å². The zero-order chi connectivity index (χ0) is 24.3. The second-order valence-electron chi connectivity index (χ2n) is 8.40. The maximum absolute atomic E-state index is 13.7. The minimum Gasteiger partial charge on any atom is -0.493 e. The Bertz CT molecular complexity index is 1030. The Balaban J connectivity index is 1.58. The molecule has 7 nitrogen and oxygen atoms in total. The van der Waals surface area contributed by atoms with E-state index in [4.69, 9.17) is 14.2 Å². The van der Waals surface area contributed by atoms with Crippen LogP contribution in [0.25, 0.3) is 0 Å². The number of carbonyl (C=O) groups excluding carboxylic acids is 2. The maximum atomic E-state index is 13.7. The normalized spacial score (nSPS) is 19.2. The van der Waals surface area contributed by atoms with Crippen LogP contribution in [0.1, 0.15) is 36.4 Å². The van der Waals surface area contributed by atoms with Crippen LogP contribution in [0.4, 0.5) is 4.39 Å². The lowest BCUT2D eigenvalue weighted by Gasteiger charge is -2.54. The van der Waals surface area contributed by atoms with Crippen molar-refractivity contribution in [2.45, 2.75) is 37.4 Å². The van der Waals surface area contributed by atoms with Gasteiger partial charge in [-0.1, -0.05) is 12.1 Å². The lowest BCUT2D eigenvalue weighted by atomic mass is 9.80. The first-order valence-electron chi connectivity index (χ1n) is 11.2. The molecule has 0 saturated carbocycles. The average molecular weight is 489 g/mol. The van der Waals surface area contributed by atoms with E-state index in [1.165, 1.54) is 19.2 Å². The largest absolute Gasteiger partial charge is 0.493 e. The van der Waals surface area contributed by atoms with Crippen molar-refractivity contribution in [2.75, 3.05) is 32.8 Å². The van der Waals surface area contributed by atoms with E-state index in [-0.39, 0.29) is 30.2 Å². The number of ether oxygens (including phenoxy) is 3. The van der Waals surface area contributed by atoms with E-state index < -0.39 is 5.54 Å². The van der Waals surface area contributed by atoms with Gasteiger partial charge >= 0.3 is 0 Å². The molecule has 2 aromatic rings. The van der Waals surface area contributed by atoms with Gasteiger partial charge in [0, 0.05) is 6.54 Å². The monoisotopic (exact) mass is 488 g/mol. The second-order valence-corrected chi connectivity index (χ2v) is 9.62. The van der Waals surface area contributed by atoms with Crippen molar-refractivity contribution in [1.82, 2.24) is 10.2 Å². The minimum atomic E-state index is -0.930. The Morgan fingerprint density at radius 2 is 1.71 bits per heavy atom. The summed E-state index contributed by atoms with van der Waals surface area (Å²) >= 11 is 1.78. The quantitative estimate of drug-likeness (QED) is 0.571. The third kappa shape index (κ3) is 4.41. The molecule has 1 N–H and O–H groups in total. The molecule has 34 heavy (non-hydrogen) atoms. The average Bonchev–Trinajstić information content (AvgIpc) is 2.86. The molecule has 1 atom stereocenters. The molecule has 2 aliphatic rings. The first-order chi connectivity index (χ1) is 16.4. The van der Waals surface area contributed by atoms with E-state index in [0.717, 1.165) is 22.6 Å². The molecule has 2 amide bonds. The molecule has 2 aromatic carbocycles. The summed E-state index contributed by atoms with van der Waals surface area (Å²) in [7, 11) is 4.62. The van der Waals surface area contributed by atoms with Crippen LogP contribution in [0, 0.1) is 5.82 Å². The van der Waals surface area contributed by atoms with Crippen LogP contribution in [0.2, 0.25) is 0 Å². The van der Waals surface area contributed by atoms with Gasteiger partial charge in [-0.2, -0.15) is 11.8 Å². The van der Waals surface area contributed by atoms with Crippen LogP contribution < -0.4 is 19.5 Å². The first kappa shape index (κ1) is 24.2. The summed E-state index contributed by atoms with van der Waals surface area (Å²) in [6.45, 7) is 0.244. The van der Waals surface area contributed by atoms with Gasteiger partial charge in [-0.15, -0.1) is 0 Å². The number of rotatable bonds is 8. The number of nitrogens with one attached hydrogen (secondary N) is 1. The molecule has 1 unspecified atom stereocenters. The van der Waals surface area contributed by atoms with Crippen molar-refractivity contribution >= 4 is 23.6 Å². The summed E-state index contributed by atoms with van der Waals surface area (Å²) in [5.41, 5.74) is 0.699. The number of halogens is 1. The topological polar surface area (TPSA) is 77.1 Å². The van der Waals surface area contributed by atoms with Gasteiger partial charge in [0.05, 0.1) is 33.8 Å². The SMILES string of the molecule is COc1cc(CNC(=O)C2(N3C(=O)CC3c3ccc(F)cc3)CCSCC2)cc(OC)c1OC. The summed E-state index contributed by atoms with van der Waals surface area (Å²) in [4.78, 5) is 28.2. The molecular weight excluding hydrogens is 459 g/mol. The van der Waals surface area contributed by atoms with Crippen LogP contribution in [0.15, 0.2) is 36.4 Å². The van der Waals surface area contributed by atoms with E-state index in [0.29, 0.717) is 36.5 Å². The van der Waals surface area contributed by atoms with Gasteiger partial charge in [-0.25, -0.2) is 4.39 Å². The molecule has 9 heteroatoms. The Morgan fingerprint density at radius 3 is 2.24 bits per heavy atom. The number of nitrogens with zero attached hydrogens (tertiary/aromatic N) is 1. The summed E-state index contributed by atoms with van der Waals surface area (Å²) in [5.74, 6) is 2.51. The zero-order valence-corrected chi connectivity index (χ0v) is 20.4.